The lowest BCUT2D eigenvalue weighted by Crippen LogP contribution is -2.01. The second kappa shape index (κ2) is 4.81. The minimum atomic E-state index is -0.323. The van der Waals surface area contributed by atoms with Crippen LogP contribution < -0.4 is 0 Å². The molecule has 0 N–H and O–H groups in total. The summed E-state index contributed by atoms with van der Waals surface area (Å²) in [5.41, 5.74) is 3.19. The summed E-state index contributed by atoms with van der Waals surface area (Å²) in [4.78, 5) is 10.9. The third kappa shape index (κ3) is 2.05. The lowest BCUT2D eigenvalue weighted by molar-refractivity contribution is -0.383. The summed E-state index contributed by atoms with van der Waals surface area (Å²) in [5, 5.41) is 12.1. The molecule has 3 rings (SSSR count). The highest BCUT2D eigenvalue weighted by atomic mass is 16.6. The Kier molecular flexibility index (Phi) is 2.99. The zero-order valence-corrected chi connectivity index (χ0v) is 11.1. The molecule has 3 aromatic rings. The van der Waals surface area contributed by atoms with E-state index in [4.69, 9.17) is 0 Å². The highest BCUT2D eigenvalue weighted by molar-refractivity contribution is 5.88. The fraction of sp³-hybridized carbons (Fsp3) is 0.125. The number of aryl methyl sites for hydroxylation is 1. The largest absolute Gasteiger partial charge is 0.337 e. The maximum Gasteiger partial charge on any atom is 0.293 e. The SMILES string of the molecule is Cc1ccccc1Cn1ccc2cccc([N+](=O)[O-])c21. The Balaban J connectivity index is 2.13. The van der Waals surface area contributed by atoms with E-state index in [1.807, 2.05) is 35.0 Å². The first-order chi connectivity index (χ1) is 9.66. The zero-order chi connectivity index (χ0) is 14.1. The molecule has 0 saturated carbocycles. The average molecular weight is 266 g/mol. The van der Waals surface area contributed by atoms with Crippen LogP contribution in [0.1, 0.15) is 11.1 Å². The van der Waals surface area contributed by atoms with E-state index >= 15 is 0 Å². The molecule has 0 aliphatic rings. The molecule has 4 heteroatoms. The maximum absolute atomic E-state index is 11.2. The Morgan fingerprint density at radius 3 is 2.65 bits per heavy atom. The molecule has 4 nitrogen and oxygen atoms in total. The van der Waals surface area contributed by atoms with Gasteiger partial charge in [0.25, 0.3) is 5.69 Å². The second-order valence-corrected chi connectivity index (χ2v) is 4.84. The van der Waals surface area contributed by atoms with Crippen LogP contribution >= 0.6 is 0 Å². The van der Waals surface area contributed by atoms with Crippen molar-refractivity contribution in [3.63, 3.8) is 0 Å². The Labute approximate surface area is 116 Å². The normalized spacial score (nSPS) is 10.8. The van der Waals surface area contributed by atoms with Crippen LogP contribution in [0.25, 0.3) is 10.9 Å². The monoisotopic (exact) mass is 266 g/mol. The quantitative estimate of drug-likeness (QED) is 0.533. The van der Waals surface area contributed by atoms with Gasteiger partial charge in [-0.2, -0.15) is 0 Å². The van der Waals surface area contributed by atoms with Gasteiger partial charge < -0.3 is 4.57 Å². The molecular formula is C16H14N2O2. The number of fused-ring (bicyclic) bond motifs is 1. The van der Waals surface area contributed by atoms with Crippen molar-refractivity contribution in [1.29, 1.82) is 0 Å². The smallest absolute Gasteiger partial charge is 0.293 e. The third-order valence-corrected chi connectivity index (χ3v) is 3.57. The molecule has 0 amide bonds. The lowest BCUT2D eigenvalue weighted by Gasteiger charge is -2.08. The number of nitro benzene ring substituents is 1. The number of hydrogen-bond acceptors (Lipinski definition) is 2. The first-order valence-corrected chi connectivity index (χ1v) is 6.43. The van der Waals surface area contributed by atoms with Gasteiger partial charge in [-0.3, -0.25) is 10.1 Å². The van der Waals surface area contributed by atoms with Crippen molar-refractivity contribution in [2.75, 3.05) is 0 Å². The molecule has 0 aliphatic carbocycles. The van der Waals surface area contributed by atoms with Crippen LogP contribution in [0, 0.1) is 17.0 Å². The van der Waals surface area contributed by atoms with Gasteiger partial charge in [0.05, 0.1) is 4.92 Å². The molecule has 0 bridgehead atoms. The van der Waals surface area contributed by atoms with Gasteiger partial charge in [0.1, 0.15) is 5.52 Å². The van der Waals surface area contributed by atoms with Gasteiger partial charge in [0, 0.05) is 24.2 Å². The summed E-state index contributed by atoms with van der Waals surface area (Å²) in [6.07, 6.45) is 1.91. The molecule has 0 aliphatic heterocycles. The Bertz CT molecular complexity index is 790. The summed E-state index contributed by atoms with van der Waals surface area (Å²) >= 11 is 0. The number of nitro groups is 1. The fourth-order valence-corrected chi connectivity index (χ4v) is 2.49. The number of aromatic nitrogens is 1. The van der Waals surface area contributed by atoms with Crippen LogP contribution in [0.4, 0.5) is 5.69 Å². The molecule has 0 atom stereocenters. The lowest BCUT2D eigenvalue weighted by atomic mass is 10.1. The van der Waals surface area contributed by atoms with Crippen molar-refractivity contribution in [1.82, 2.24) is 4.57 Å². The van der Waals surface area contributed by atoms with Gasteiger partial charge in [-0.1, -0.05) is 36.4 Å². The summed E-state index contributed by atoms with van der Waals surface area (Å²) in [7, 11) is 0. The molecule has 0 unspecified atom stereocenters. The number of nitrogens with zero attached hydrogens (tertiary/aromatic N) is 2. The van der Waals surface area contributed by atoms with Gasteiger partial charge >= 0.3 is 0 Å². The first kappa shape index (κ1) is 12.4. The van der Waals surface area contributed by atoms with Crippen molar-refractivity contribution in [3.8, 4) is 0 Å². The first-order valence-electron chi connectivity index (χ1n) is 6.43. The highest BCUT2D eigenvalue weighted by Gasteiger charge is 2.15. The topological polar surface area (TPSA) is 48.1 Å². The maximum atomic E-state index is 11.2. The van der Waals surface area contributed by atoms with E-state index < -0.39 is 0 Å². The predicted octanol–water partition coefficient (Wildman–Crippen LogP) is 3.91. The van der Waals surface area contributed by atoms with Gasteiger partial charge in [-0.25, -0.2) is 0 Å². The van der Waals surface area contributed by atoms with E-state index in [1.165, 1.54) is 11.1 Å². The van der Waals surface area contributed by atoms with Gasteiger partial charge in [0.15, 0.2) is 0 Å². The minimum absolute atomic E-state index is 0.154. The molecule has 1 heterocycles. The molecule has 0 radical (unpaired) electrons. The van der Waals surface area contributed by atoms with Gasteiger partial charge in [0.2, 0.25) is 0 Å². The van der Waals surface area contributed by atoms with Crippen molar-refractivity contribution in [3.05, 3.63) is 76.0 Å². The Hall–Kier alpha value is -2.62. The fourth-order valence-electron chi connectivity index (χ4n) is 2.49. The zero-order valence-electron chi connectivity index (χ0n) is 11.1. The molecule has 20 heavy (non-hydrogen) atoms. The third-order valence-electron chi connectivity index (χ3n) is 3.57. The van der Waals surface area contributed by atoms with Crippen molar-refractivity contribution >= 4 is 16.6 Å². The standard InChI is InChI=1S/C16H14N2O2/c1-12-5-2-3-6-14(12)11-17-10-9-13-7-4-8-15(16(13)17)18(19)20/h2-10H,11H2,1H3. The minimum Gasteiger partial charge on any atom is -0.337 e. The molecule has 0 spiro atoms. The number of para-hydroxylation sites is 1. The summed E-state index contributed by atoms with van der Waals surface area (Å²) in [5.74, 6) is 0. The van der Waals surface area contributed by atoms with Crippen molar-refractivity contribution in [2.45, 2.75) is 13.5 Å². The number of benzene rings is 2. The molecule has 0 saturated heterocycles. The van der Waals surface area contributed by atoms with E-state index in [9.17, 15) is 10.1 Å². The highest BCUT2D eigenvalue weighted by Crippen LogP contribution is 2.27. The number of non-ortho nitro benzene ring substituents is 1. The average Bonchev–Trinajstić information content (AvgIpc) is 2.84. The summed E-state index contributed by atoms with van der Waals surface area (Å²) in [6.45, 7) is 2.69. The summed E-state index contributed by atoms with van der Waals surface area (Å²) < 4.78 is 1.94. The Morgan fingerprint density at radius 1 is 1.10 bits per heavy atom. The van der Waals surface area contributed by atoms with Crippen molar-refractivity contribution in [2.24, 2.45) is 0 Å². The van der Waals surface area contributed by atoms with E-state index in [-0.39, 0.29) is 10.6 Å². The predicted molar refractivity (Wildman–Crippen MR) is 78.9 cm³/mol. The molecular weight excluding hydrogens is 252 g/mol. The van der Waals surface area contributed by atoms with Crippen molar-refractivity contribution < 1.29 is 4.92 Å². The Morgan fingerprint density at radius 2 is 1.90 bits per heavy atom. The van der Waals surface area contributed by atoms with E-state index in [0.717, 1.165) is 5.39 Å². The number of rotatable bonds is 3. The molecule has 100 valence electrons. The van der Waals surface area contributed by atoms with Crippen LogP contribution in [0.15, 0.2) is 54.7 Å². The van der Waals surface area contributed by atoms with E-state index in [2.05, 4.69) is 19.1 Å². The molecule has 0 fully saturated rings. The number of hydrogen-bond donors (Lipinski definition) is 0. The van der Waals surface area contributed by atoms with E-state index in [1.54, 1.807) is 12.1 Å². The molecule has 1 aromatic heterocycles. The van der Waals surface area contributed by atoms with Crippen LogP contribution in [0.5, 0.6) is 0 Å². The summed E-state index contributed by atoms with van der Waals surface area (Å²) in [6, 6.07) is 15.2. The van der Waals surface area contributed by atoms with Gasteiger partial charge in [-0.15, -0.1) is 0 Å². The van der Waals surface area contributed by atoms with Crippen LogP contribution in [-0.4, -0.2) is 9.49 Å². The van der Waals surface area contributed by atoms with E-state index in [0.29, 0.717) is 12.1 Å². The van der Waals surface area contributed by atoms with Crippen LogP contribution in [-0.2, 0) is 6.54 Å². The van der Waals surface area contributed by atoms with Crippen LogP contribution in [0.3, 0.4) is 0 Å². The second-order valence-electron chi connectivity index (χ2n) is 4.84. The van der Waals surface area contributed by atoms with Crippen LogP contribution in [0.2, 0.25) is 0 Å². The molecule has 2 aromatic carbocycles. The van der Waals surface area contributed by atoms with Gasteiger partial charge in [-0.05, 0) is 24.1 Å².